The summed E-state index contributed by atoms with van der Waals surface area (Å²) in [5.41, 5.74) is 2.80. The lowest BCUT2D eigenvalue weighted by Gasteiger charge is -2.27. The van der Waals surface area contributed by atoms with Crippen molar-refractivity contribution in [3.05, 3.63) is 59.7 Å². The molecule has 0 atom stereocenters. The summed E-state index contributed by atoms with van der Waals surface area (Å²) in [6.45, 7) is 5.04. The van der Waals surface area contributed by atoms with Gasteiger partial charge in [-0.1, -0.05) is 62.9 Å². The van der Waals surface area contributed by atoms with Gasteiger partial charge in [0, 0.05) is 32.2 Å². The molecule has 1 aliphatic heterocycles. The highest BCUT2D eigenvalue weighted by Crippen LogP contribution is 2.27. The van der Waals surface area contributed by atoms with Gasteiger partial charge >= 0.3 is 0 Å². The molecule has 1 heterocycles. The summed E-state index contributed by atoms with van der Waals surface area (Å²) >= 11 is 0. The molecule has 0 spiro atoms. The SMILES string of the molecule is CCc1ccc(S(=O)(=O)N2CCCCCCCCN(C(C)=O)c3ccccc3C2)cc1. The number of hydrogen-bond donors (Lipinski definition) is 0. The molecule has 5 nitrogen and oxygen atoms in total. The summed E-state index contributed by atoms with van der Waals surface area (Å²) in [4.78, 5) is 14.5. The first kappa shape index (κ1) is 23.5. The van der Waals surface area contributed by atoms with E-state index in [0.717, 1.165) is 61.8 Å². The zero-order valence-electron chi connectivity index (χ0n) is 18.7. The Kier molecular flexibility index (Phi) is 8.27. The maximum Gasteiger partial charge on any atom is 0.243 e. The van der Waals surface area contributed by atoms with Crippen LogP contribution in [0.1, 0.15) is 63.5 Å². The molecule has 0 saturated heterocycles. The van der Waals surface area contributed by atoms with Gasteiger partial charge in [-0.15, -0.1) is 0 Å². The minimum Gasteiger partial charge on any atom is -0.312 e. The van der Waals surface area contributed by atoms with Crippen LogP contribution in [0.4, 0.5) is 5.69 Å². The summed E-state index contributed by atoms with van der Waals surface area (Å²) < 4.78 is 28.7. The number of rotatable bonds is 3. The van der Waals surface area contributed by atoms with E-state index in [2.05, 4.69) is 6.92 Å². The van der Waals surface area contributed by atoms with Crippen molar-refractivity contribution in [2.45, 2.75) is 70.2 Å². The second kappa shape index (κ2) is 10.9. The molecule has 1 amide bonds. The minimum atomic E-state index is -3.64. The van der Waals surface area contributed by atoms with Crippen LogP contribution in [-0.4, -0.2) is 31.7 Å². The normalized spacial score (nSPS) is 17.2. The third kappa shape index (κ3) is 5.95. The predicted molar refractivity (Wildman–Crippen MR) is 126 cm³/mol. The van der Waals surface area contributed by atoms with Gasteiger partial charge in [0.15, 0.2) is 0 Å². The highest BCUT2D eigenvalue weighted by molar-refractivity contribution is 7.89. The van der Waals surface area contributed by atoms with Gasteiger partial charge in [-0.25, -0.2) is 8.42 Å². The first-order valence-corrected chi connectivity index (χ1v) is 12.8. The monoisotopic (exact) mass is 442 g/mol. The van der Waals surface area contributed by atoms with Crippen LogP contribution in [-0.2, 0) is 27.8 Å². The molecule has 2 aromatic carbocycles. The Balaban J connectivity index is 1.98. The fraction of sp³-hybridized carbons (Fsp3) is 0.480. The lowest BCUT2D eigenvalue weighted by atomic mass is 10.1. The van der Waals surface area contributed by atoms with Crippen molar-refractivity contribution in [1.82, 2.24) is 4.31 Å². The van der Waals surface area contributed by atoms with Crippen LogP contribution in [0.5, 0.6) is 0 Å². The molecule has 6 heteroatoms. The van der Waals surface area contributed by atoms with E-state index in [-0.39, 0.29) is 12.5 Å². The second-order valence-corrected chi connectivity index (χ2v) is 10.2. The molecular formula is C25H34N2O3S. The molecule has 0 N–H and O–H groups in total. The Morgan fingerprint density at radius 1 is 0.871 bits per heavy atom. The summed E-state index contributed by atoms with van der Waals surface area (Å²) in [6.07, 6.45) is 6.96. The highest BCUT2D eigenvalue weighted by atomic mass is 32.2. The van der Waals surface area contributed by atoms with Gasteiger partial charge in [-0.05, 0) is 48.6 Å². The van der Waals surface area contributed by atoms with E-state index in [4.69, 9.17) is 0 Å². The average Bonchev–Trinajstić information content (AvgIpc) is 2.79. The standard InChI is InChI=1S/C25H34N2O3S/c1-3-22-14-16-24(17-15-22)31(29,30)26-18-10-6-4-5-7-11-19-27(21(2)28)25-13-9-8-12-23(25)20-26/h8-9,12-17H,3-7,10-11,18-20H2,1-2H3. The number of benzene rings is 2. The van der Waals surface area contributed by atoms with Gasteiger partial charge in [-0.2, -0.15) is 4.31 Å². The number of fused-ring (bicyclic) bond motifs is 1. The highest BCUT2D eigenvalue weighted by Gasteiger charge is 2.26. The lowest BCUT2D eigenvalue weighted by molar-refractivity contribution is -0.116. The molecule has 0 radical (unpaired) electrons. The van der Waals surface area contributed by atoms with Gasteiger partial charge < -0.3 is 4.90 Å². The van der Waals surface area contributed by atoms with E-state index in [1.807, 2.05) is 36.4 Å². The number of carbonyl (C=O) groups is 1. The summed E-state index contributed by atoms with van der Waals surface area (Å²) in [5.74, 6) is -0.00752. The van der Waals surface area contributed by atoms with Gasteiger partial charge in [0.2, 0.25) is 15.9 Å². The average molecular weight is 443 g/mol. The molecule has 0 unspecified atom stereocenters. The number of nitrogens with zero attached hydrogens (tertiary/aromatic N) is 2. The Hall–Kier alpha value is -2.18. The van der Waals surface area contributed by atoms with Crippen LogP contribution in [0.15, 0.2) is 53.4 Å². The molecule has 3 rings (SSSR count). The van der Waals surface area contributed by atoms with E-state index in [0.29, 0.717) is 18.0 Å². The first-order valence-electron chi connectivity index (χ1n) is 11.4. The van der Waals surface area contributed by atoms with Gasteiger partial charge in [-0.3, -0.25) is 4.79 Å². The number of hydrogen-bond acceptors (Lipinski definition) is 3. The van der Waals surface area contributed by atoms with Crippen LogP contribution in [0.3, 0.4) is 0 Å². The van der Waals surface area contributed by atoms with Crippen LogP contribution in [0, 0.1) is 0 Å². The topological polar surface area (TPSA) is 57.7 Å². The molecule has 0 aliphatic carbocycles. The van der Waals surface area contributed by atoms with Crippen molar-refractivity contribution in [3.63, 3.8) is 0 Å². The zero-order valence-corrected chi connectivity index (χ0v) is 19.5. The van der Waals surface area contributed by atoms with Crippen molar-refractivity contribution in [2.75, 3.05) is 18.0 Å². The fourth-order valence-corrected chi connectivity index (χ4v) is 5.60. The Bertz CT molecular complexity index is 971. The largest absolute Gasteiger partial charge is 0.312 e. The van der Waals surface area contributed by atoms with Crippen LogP contribution in [0.25, 0.3) is 0 Å². The fourth-order valence-electron chi connectivity index (χ4n) is 4.14. The molecule has 168 valence electrons. The van der Waals surface area contributed by atoms with E-state index < -0.39 is 10.0 Å². The van der Waals surface area contributed by atoms with Gasteiger partial charge in [0.1, 0.15) is 0 Å². The number of para-hydroxylation sites is 1. The van der Waals surface area contributed by atoms with E-state index >= 15 is 0 Å². The number of carbonyl (C=O) groups excluding carboxylic acids is 1. The Morgan fingerprint density at radius 2 is 1.48 bits per heavy atom. The zero-order chi connectivity index (χ0) is 22.3. The third-order valence-corrected chi connectivity index (χ3v) is 7.88. The Morgan fingerprint density at radius 3 is 2.13 bits per heavy atom. The number of aryl methyl sites for hydroxylation is 1. The predicted octanol–water partition coefficient (Wildman–Crippen LogP) is 5.15. The molecule has 31 heavy (non-hydrogen) atoms. The summed E-state index contributed by atoms with van der Waals surface area (Å²) in [6, 6.07) is 14.9. The molecule has 0 fully saturated rings. The first-order chi connectivity index (χ1) is 14.9. The minimum absolute atomic E-state index is 0.00752. The molecule has 0 saturated carbocycles. The summed E-state index contributed by atoms with van der Waals surface area (Å²) in [7, 11) is -3.64. The molecular weight excluding hydrogens is 408 g/mol. The molecule has 2 aromatic rings. The molecule has 0 aromatic heterocycles. The van der Waals surface area contributed by atoms with Crippen LogP contribution >= 0.6 is 0 Å². The molecule has 1 aliphatic rings. The summed E-state index contributed by atoms with van der Waals surface area (Å²) in [5, 5.41) is 0. The molecule has 0 bridgehead atoms. The lowest BCUT2D eigenvalue weighted by Crippen LogP contribution is -2.34. The van der Waals surface area contributed by atoms with Crippen molar-refractivity contribution in [3.8, 4) is 0 Å². The number of amides is 1. The van der Waals surface area contributed by atoms with Gasteiger partial charge in [0.05, 0.1) is 4.90 Å². The van der Waals surface area contributed by atoms with E-state index in [1.165, 1.54) is 0 Å². The smallest absolute Gasteiger partial charge is 0.243 e. The van der Waals surface area contributed by atoms with E-state index in [1.54, 1.807) is 28.3 Å². The van der Waals surface area contributed by atoms with E-state index in [9.17, 15) is 13.2 Å². The number of sulfonamides is 1. The quantitative estimate of drug-likeness (QED) is 0.661. The maximum atomic E-state index is 13.5. The maximum absolute atomic E-state index is 13.5. The van der Waals surface area contributed by atoms with Crippen LogP contribution < -0.4 is 4.90 Å². The van der Waals surface area contributed by atoms with Crippen molar-refractivity contribution < 1.29 is 13.2 Å². The van der Waals surface area contributed by atoms with Gasteiger partial charge in [0.25, 0.3) is 0 Å². The van der Waals surface area contributed by atoms with Crippen molar-refractivity contribution in [2.24, 2.45) is 0 Å². The second-order valence-electron chi connectivity index (χ2n) is 8.26. The van der Waals surface area contributed by atoms with Crippen molar-refractivity contribution in [1.29, 1.82) is 0 Å². The van der Waals surface area contributed by atoms with Crippen molar-refractivity contribution >= 4 is 21.6 Å². The number of anilines is 1. The Labute approximate surface area is 187 Å². The third-order valence-electron chi connectivity index (χ3n) is 6.02. The van der Waals surface area contributed by atoms with Crippen LogP contribution in [0.2, 0.25) is 0 Å².